The minimum absolute atomic E-state index is 0.192. The maximum atomic E-state index is 13.4. The Labute approximate surface area is 197 Å². The predicted molar refractivity (Wildman–Crippen MR) is 134 cm³/mol. The molecule has 1 amide bonds. The van der Waals surface area contributed by atoms with Crippen LogP contribution in [0.4, 0.5) is 5.69 Å². The molecule has 5 rings (SSSR count). The van der Waals surface area contributed by atoms with Crippen LogP contribution in [0.5, 0.6) is 0 Å². The van der Waals surface area contributed by atoms with Gasteiger partial charge in [-0.1, -0.05) is 30.3 Å². The van der Waals surface area contributed by atoms with Crippen molar-refractivity contribution in [3.63, 3.8) is 0 Å². The lowest BCUT2D eigenvalue weighted by molar-refractivity contribution is 0.102. The van der Waals surface area contributed by atoms with Gasteiger partial charge < -0.3 is 5.32 Å². The number of carbonyl (C=O) groups is 1. The van der Waals surface area contributed by atoms with E-state index in [4.69, 9.17) is 5.10 Å². The third-order valence-electron chi connectivity index (χ3n) is 5.61. The van der Waals surface area contributed by atoms with Crippen LogP contribution >= 0.6 is 11.8 Å². The predicted octanol–water partition coefficient (Wildman–Crippen LogP) is 4.74. The molecule has 1 saturated heterocycles. The third-order valence-corrected chi connectivity index (χ3v) is 6.55. The Kier molecular flexibility index (Phi) is 6.51. The zero-order chi connectivity index (χ0) is 22.5. The number of hydrogen-bond acceptors (Lipinski definition) is 5. The van der Waals surface area contributed by atoms with Crippen molar-refractivity contribution in [2.24, 2.45) is 0 Å². The van der Waals surface area contributed by atoms with Crippen molar-refractivity contribution in [1.29, 1.82) is 0 Å². The van der Waals surface area contributed by atoms with Crippen LogP contribution in [0.25, 0.3) is 16.9 Å². The van der Waals surface area contributed by atoms with E-state index in [0.29, 0.717) is 11.3 Å². The van der Waals surface area contributed by atoms with Gasteiger partial charge in [0.15, 0.2) is 0 Å². The molecule has 1 aliphatic rings. The maximum Gasteiger partial charge on any atom is 0.259 e. The molecule has 0 saturated carbocycles. The van der Waals surface area contributed by atoms with Gasteiger partial charge in [0, 0.05) is 61.0 Å². The van der Waals surface area contributed by atoms with E-state index in [1.54, 1.807) is 23.3 Å². The van der Waals surface area contributed by atoms with Gasteiger partial charge in [0.05, 0.1) is 11.3 Å². The molecule has 3 heterocycles. The SMILES string of the molecule is O=C(Nc1cccc(CN2CCSCC2)c1)c1cn(-c2ccccc2)nc1-c1cccnc1. The van der Waals surface area contributed by atoms with Crippen LogP contribution in [0.15, 0.2) is 85.3 Å². The van der Waals surface area contributed by atoms with Crippen LogP contribution in [0.1, 0.15) is 15.9 Å². The van der Waals surface area contributed by atoms with Gasteiger partial charge in [0.1, 0.15) is 5.69 Å². The Hall–Kier alpha value is -3.42. The smallest absolute Gasteiger partial charge is 0.259 e. The quantitative estimate of drug-likeness (QED) is 0.455. The summed E-state index contributed by atoms with van der Waals surface area (Å²) in [5.74, 6) is 2.17. The number of anilines is 1. The molecule has 2 aromatic carbocycles. The Bertz CT molecular complexity index is 1220. The molecule has 0 atom stereocenters. The molecule has 0 spiro atoms. The van der Waals surface area contributed by atoms with E-state index < -0.39 is 0 Å². The summed E-state index contributed by atoms with van der Waals surface area (Å²) in [4.78, 5) is 20.0. The second-order valence-electron chi connectivity index (χ2n) is 7.96. The van der Waals surface area contributed by atoms with Crippen molar-refractivity contribution in [1.82, 2.24) is 19.7 Å². The molecule has 1 aliphatic heterocycles. The van der Waals surface area contributed by atoms with Gasteiger partial charge >= 0.3 is 0 Å². The second-order valence-corrected chi connectivity index (χ2v) is 9.18. The molecule has 0 bridgehead atoms. The van der Waals surface area contributed by atoms with Gasteiger partial charge in [-0.25, -0.2) is 4.68 Å². The fourth-order valence-electron chi connectivity index (χ4n) is 3.93. The summed E-state index contributed by atoms with van der Waals surface area (Å²) in [5, 5.41) is 7.79. The molecule has 1 N–H and O–H groups in total. The number of amides is 1. The van der Waals surface area contributed by atoms with Crippen LogP contribution in [0.2, 0.25) is 0 Å². The van der Waals surface area contributed by atoms with Crippen molar-refractivity contribution in [2.75, 3.05) is 29.9 Å². The van der Waals surface area contributed by atoms with Gasteiger partial charge in [0.25, 0.3) is 5.91 Å². The zero-order valence-corrected chi connectivity index (χ0v) is 19.0. The molecular weight excluding hydrogens is 430 g/mol. The number of para-hydroxylation sites is 1. The molecule has 2 aromatic heterocycles. The summed E-state index contributed by atoms with van der Waals surface area (Å²) in [6.45, 7) is 3.11. The minimum atomic E-state index is -0.192. The van der Waals surface area contributed by atoms with Gasteiger partial charge in [-0.3, -0.25) is 14.7 Å². The van der Waals surface area contributed by atoms with Crippen molar-refractivity contribution in [3.05, 3.63) is 96.4 Å². The molecule has 1 fully saturated rings. The Morgan fingerprint density at radius 1 is 1.00 bits per heavy atom. The Balaban J connectivity index is 1.41. The number of carbonyl (C=O) groups excluding carboxylic acids is 1. The fourth-order valence-corrected chi connectivity index (χ4v) is 4.91. The molecule has 0 aliphatic carbocycles. The van der Waals surface area contributed by atoms with E-state index in [9.17, 15) is 4.79 Å². The largest absolute Gasteiger partial charge is 0.322 e. The van der Waals surface area contributed by atoms with Crippen molar-refractivity contribution in [3.8, 4) is 16.9 Å². The highest BCUT2D eigenvalue weighted by Crippen LogP contribution is 2.24. The molecular formula is C26H25N5OS. The van der Waals surface area contributed by atoms with Gasteiger partial charge in [0.2, 0.25) is 0 Å². The molecule has 0 radical (unpaired) electrons. The van der Waals surface area contributed by atoms with Crippen LogP contribution in [0, 0.1) is 0 Å². The normalized spacial score (nSPS) is 14.2. The highest BCUT2D eigenvalue weighted by molar-refractivity contribution is 7.99. The van der Waals surface area contributed by atoms with Crippen LogP contribution in [-0.4, -0.2) is 50.2 Å². The first-order valence-corrected chi connectivity index (χ1v) is 12.2. The average molecular weight is 456 g/mol. The standard InChI is InChI=1S/C26H25N5OS/c32-26(28-22-8-4-6-20(16-22)18-30-12-14-33-15-13-30)24-19-31(23-9-2-1-3-10-23)29-25(24)21-7-5-11-27-17-21/h1-11,16-17,19H,12-15,18H2,(H,28,32). The highest BCUT2D eigenvalue weighted by atomic mass is 32.2. The van der Waals surface area contributed by atoms with Gasteiger partial charge in [-0.05, 0) is 42.0 Å². The van der Waals surface area contributed by atoms with E-state index in [1.165, 1.54) is 17.1 Å². The van der Waals surface area contributed by atoms with E-state index in [0.717, 1.165) is 36.6 Å². The van der Waals surface area contributed by atoms with Gasteiger partial charge in [-0.15, -0.1) is 0 Å². The summed E-state index contributed by atoms with van der Waals surface area (Å²) in [7, 11) is 0. The lowest BCUT2D eigenvalue weighted by Crippen LogP contribution is -2.31. The van der Waals surface area contributed by atoms with Crippen LogP contribution in [-0.2, 0) is 6.54 Å². The number of thioether (sulfide) groups is 1. The minimum Gasteiger partial charge on any atom is -0.322 e. The first-order chi connectivity index (χ1) is 16.3. The van der Waals surface area contributed by atoms with E-state index in [1.807, 2.05) is 66.4 Å². The molecule has 6 nitrogen and oxygen atoms in total. The van der Waals surface area contributed by atoms with Crippen molar-refractivity contribution < 1.29 is 4.79 Å². The van der Waals surface area contributed by atoms with Gasteiger partial charge in [-0.2, -0.15) is 16.9 Å². The Morgan fingerprint density at radius 2 is 1.85 bits per heavy atom. The van der Waals surface area contributed by atoms with Crippen LogP contribution < -0.4 is 5.32 Å². The lowest BCUT2D eigenvalue weighted by atomic mass is 10.1. The topological polar surface area (TPSA) is 63.1 Å². The zero-order valence-electron chi connectivity index (χ0n) is 18.2. The fraction of sp³-hybridized carbons (Fsp3) is 0.192. The first-order valence-electron chi connectivity index (χ1n) is 11.0. The molecule has 0 unspecified atom stereocenters. The molecule has 7 heteroatoms. The third kappa shape index (κ3) is 5.16. The van der Waals surface area contributed by atoms with E-state index >= 15 is 0 Å². The van der Waals surface area contributed by atoms with Crippen LogP contribution in [0.3, 0.4) is 0 Å². The number of nitrogens with zero attached hydrogens (tertiary/aromatic N) is 4. The van der Waals surface area contributed by atoms with E-state index in [2.05, 4.69) is 27.3 Å². The van der Waals surface area contributed by atoms with Crippen molar-refractivity contribution in [2.45, 2.75) is 6.54 Å². The molecule has 33 heavy (non-hydrogen) atoms. The monoisotopic (exact) mass is 455 g/mol. The first kappa shape index (κ1) is 21.4. The second kappa shape index (κ2) is 10.0. The highest BCUT2D eigenvalue weighted by Gasteiger charge is 2.19. The molecule has 4 aromatic rings. The maximum absolute atomic E-state index is 13.4. The number of aromatic nitrogens is 3. The summed E-state index contributed by atoms with van der Waals surface area (Å²) in [5.41, 5.74) is 4.79. The lowest BCUT2D eigenvalue weighted by Gasteiger charge is -2.26. The number of nitrogens with one attached hydrogen (secondary N) is 1. The summed E-state index contributed by atoms with van der Waals surface area (Å²) >= 11 is 2.01. The number of benzene rings is 2. The van der Waals surface area contributed by atoms with E-state index in [-0.39, 0.29) is 5.91 Å². The number of hydrogen-bond donors (Lipinski definition) is 1. The number of pyridine rings is 1. The molecule has 166 valence electrons. The van der Waals surface area contributed by atoms with Crippen molar-refractivity contribution >= 4 is 23.4 Å². The summed E-state index contributed by atoms with van der Waals surface area (Å²) < 4.78 is 1.74. The summed E-state index contributed by atoms with van der Waals surface area (Å²) in [6.07, 6.45) is 5.22. The summed E-state index contributed by atoms with van der Waals surface area (Å²) in [6, 6.07) is 21.7. The number of rotatable bonds is 6. The average Bonchev–Trinajstić information content (AvgIpc) is 3.32. The Morgan fingerprint density at radius 3 is 2.64 bits per heavy atom.